The fourth-order valence-corrected chi connectivity index (χ4v) is 2.10. The molecule has 0 aromatic heterocycles. The van der Waals surface area contributed by atoms with Crippen LogP contribution in [0, 0.1) is 17.6 Å². The molecule has 4 heteroatoms. The van der Waals surface area contributed by atoms with Crippen molar-refractivity contribution in [1.29, 1.82) is 0 Å². The molecule has 0 aliphatic carbocycles. The highest BCUT2D eigenvalue weighted by Gasteiger charge is 2.21. The van der Waals surface area contributed by atoms with Gasteiger partial charge in [-0.1, -0.05) is 13.8 Å². The molecule has 0 heterocycles. The topological polar surface area (TPSA) is 32.3 Å². The minimum absolute atomic E-state index is 0.206. The van der Waals surface area contributed by atoms with E-state index < -0.39 is 17.2 Å². The number of hydrogen-bond acceptors (Lipinski definition) is 2. The first kappa shape index (κ1) is 15.1. The molecule has 2 N–H and O–H groups in total. The number of benzene rings is 1. The fraction of sp³-hybridized carbons (Fsp3) is 0.571. The molecule has 0 saturated heterocycles. The van der Waals surface area contributed by atoms with Gasteiger partial charge in [-0.2, -0.15) is 0 Å². The molecular weight excluding hydrogens is 236 g/mol. The quantitative estimate of drug-likeness (QED) is 0.821. The van der Waals surface area contributed by atoms with Crippen LogP contribution in [0.2, 0.25) is 0 Å². The molecule has 0 aliphatic rings. The lowest BCUT2D eigenvalue weighted by Crippen LogP contribution is -2.38. The third-order valence-electron chi connectivity index (χ3n) is 2.68. The van der Waals surface area contributed by atoms with Gasteiger partial charge in [0, 0.05) is 18.7 Å². The highest BCUT2D eigenvalue weighted by molar-refractivity contribution is 5.18. The zero-order valence-corrected chi connectivity index (χ0v) is 11.1. The third kappa shape index (κ3) is 5.10. The van der Waals surface area contributed by atoms with Gasteiger partial charge in [0.2, 0.25) is 0 Å². The maximum Gasteiger partial charge on any atom is 0.127 e. The second-order valence-corrected chi connectivity index (χ2v) is 5.43. The van der Waals surface area contributed by atoms with Crippen molar-refractivity contribution in [2.24, 2.45) is 5.92 Å². The van der Waals surface area contributed by atoms with E-state index >= 15 is 0 Å². The number of hydrogen-bond donors (Lipinski definition) is 2. The summed E-state index contributed by atoms with van der Waals surface area (Å²) in [7, 11) is 0. The Bertz CT molecular complexity index is 391. The van der Waals surface area contributed by atoms with Crippen LogP contribution in [-0.2, 0) is 6.54 Å². The molecule has 0 radical (unpaired) electrons. The normalized spacial score (nSPS) is 14.8. The Morgan fingerprint density at radius 3 is 2.61 bits per heavy atom. The molecule has 1 unspecified atom stereocenters. The summed E-state index contributed by atoms with van der Waals surface area (Å²) in [6, 6.07) is 3.37. The van der Waals surface area contributed by atoms with E-state index in [1.807, 2.05) is 13.8 Å². The van der Waals surface area contributed by atoms with E-state index in [0.717, 1.165) is 12.1 Å². The van der Waals surface area contributed by atoms with Crippen molar-refractivity contribution in [3.63, 3.8) is 0 Å². The van der Waals surface area contributed by atoms with Crippen LogP contribution in [0.25, 0.3) is 0 Å². The van der Waals surface area contributed by atoms with E-state index in [2.05, 4.69) is 5.32 Å². The number of rotatable bonds is 6. The van der Waals surface area contributed by atoms with Crippen molar-refractivity contribution in [2.75, 3.05) is 6.54 Å². The Morgan fingerprint density at radius 1 is 1.33 bits per heavy atom. The van der Waals surface area contributed by atoms with Crippen molar-refractivity contribution >= 4 is 0 Å². The van der Waals surface area contributed by atoms with Gasteiger partial charge in [0.25, 0.3) is 0 Å². The first-order valence-electron chi connectivity index (χ1n) is 6.17. The van der Waals surface area contributed by atoms with Gasteiger partial charge in [-0.25, -0.2) is 8.78 Å². The molecule has 102 valence electrons. The summed E-state index contributed by atoms with van der Waals surface area (Å²) in [5.41, 5.74) is -0.562. The van der Waals surface area contributed by atoms with Crippen LogP contribution in [-0.4, -0.2) is 17.3 Å². The van der Waals surface area contributed by atoms with Crippen LogP contribution in [0.15, 0.2) is 18.2 Å². The van der Waals surface area contributed by atoms with Gasteiger partial charge in [0.05, 0.1) is 5.60 Å². The molecule has 1 aromatic rings. The number of aliphatic hydroxyl groups is 1. The zero-order chi connectivity index (χ0) is 13.8. The average Bonchev–Trinajstić information content (AvgIpc) is 2.21. The molecule has 0 amide bonds. The van der Waals surface area contributed by atoms with Crippen LogP contribution in [0.4, 0.5) is 8.78 Å². The molecule has 1 rings (SSSR count). The molecule has 18 heavy (non-hydrogen) atoms. The predicted molar refractivity (Wildman–Crippen MR) is 68.1 cm³/mol. The van der Waals surface area contributed by atoms with Crippen molar-refractivity contribution in [3.05, 3.63) is 35.4 Å². The summed E-state index contributed by atoms with van der Waals surface area (Å²) in [5.74, 6) is -0.512. The smallest absolute Gasteiger partial charge is 0.127 e. The first-order valence-corrected chi connectivity index (χ1v) is 6.17. The van der Waals surface area contributed by atoms with Crippen LogP contribution >= 0.6 is 0 Å². The van der Waals surface area contributed by atoms with Gasteiger partial charge < -0.3 is 10.4 Å². The lowest BCUT2D eigenvalue weighted by atomic mass is 9.94. The molecule has 0 fully saturated rings. The third-order valence-corrected chi connectivity index (χ3v) is 2.68. The van der Waals surface area contributed by atoms with Crippen LogP contribution in [0.3, 0.4) is 0 Å². The molecule has 2 nitrogen and oxygen atoms in total. The summed E-state index contributed by atoms with van der Waals surface area (Å²) in [6.45, 7) is 6.35. The summed E-state index contributed by atoms with van der Waals surface area (Å²) in [5, 5.41) is 13.0. The van der Waals surface area contributed by atoms with Crippen molar-refractivity contribution in [1.82, 2.24) is 5.32 Å². The molecule has 1 aromatic carbocycles. The summed E-state index contributed by atoms with van der Waals surface area (Å²) < 4.78 is 26.3. The Morgan fingerprint density at radius 2 is 2.00 bits per heavy atom. The average molecular weight is 257 g/mol. The van der Waals surface area contributed by atoms with Crippen molar-refractivity contribution in [3.8, 4) is 0 Å². The molecular formula is C14H21F2NO. The molecule has 0 bridgehead atoms. The van der Waals surface area contributed by atoms with E-state index in [9.17, 15) is 13.9 Å². The molecule has 1 atom stereocenters. The highest BCUT2D eigenvalue weighted by Crippen LogP contribution is 2.15. The van der Waals surface area contributed by atoms with Crippen LogP contribution in [0.5, 0.6) is 0 Å². The molecule has 0 aliphatic heterocycles. The molecule has 0 saturated carbocycles. The van der Waals surface area contributed by atoms with Crippen LogP contribution < -0.4 is 5.32 Å². The Balaban J connectivity index is 2.48. The van der Waals surface area contributed by atoms with Gasteiger partial charge in [-0.3, -0.25) is 0 Å². The van der Waals surface area contributed by atoms with E-state index in [-0.39, 0.29) is 12.1 Å². The highest BCUT2D eigenvalue weighted by atomic mass is 19.1. The minimum atomic E-state index is -0.835. The predicted octanol–water partition coefficient (Wildman–Crippen LogP) is 2.85. The van der Waals surface area contributed by atoms with Gasteiger partial charge in [-0.15, -0.1) is 0 Å². The van der Waals surface area contributed by atoms with Gasteiger partial charge in [-0.05, 0) is 37.5 Å². The second-order valence-electron chi connectivity index (χ2n) is 5.43. The monoisotopic (exact) mass is 257 g/mol. The molecule has 0 spiro atoms. The van der Waals surface area contributed by atoms with Gasteiger partial charge >= 0.3 is 0 Å². The Labute approximate surface area is 107 Å². The standard InChI is InChI=1S/C14H21F2NO/c1-10(2)7-14(3,18)9-17-8-11-6-12(15)4-5-13(11)16/h4-6,10,17-18H,7-9H2,1-3H3. The van der Waals surface area contributed by atoms with E-state index in [0.29, 0.717) is 18.9 Å². The van der Waals surface area contributed by atoms with Crippen molar-refractivity contribution < 1.29 is 13.9 Å². The minimum Gasteiger partial charge on any atom is -0.389 e. The SMILES string of the molecule is CC(C)CC(C)(O)CNCc1cc(F)ccc1F. The Hall–Kier alpha value is -1.00. The number of halogens is 2. The van der Waals surface area contributed by atoms with E-state index in [4.69, 9.17) is 0 Å². The maximum atomic E-state index is 13.3. The van der Waals surface area contributed by atoms with Crippen LogP contribution in [0.1, 0.15) is 32.8 Å². The van der Waals surface area contributed by atoms with E-state index in [1.54, 1.807) is 6.92 Å². The summed E-state index contributed by atoms with van der Waals surface area (Å²) >= 11 is 0. The summed E-state index contributed by atoms with van der Waals surface area (Å²) in [4.78, 5) is 0. The fourth-order valence-electron chi connectivity index (χ4n) is 2.10. The first-order chi connectivity index (χ1) is 8.30. The second kappa shape index (κ2) is 6.25. The van der Waals surface area contributed by atoms with E-state index in [1.165, 1.54) is 6.07 Å². The van der Waals surface area contributed by atoms with Gasteiger partial charge in [0.15, 0.2) is 0 Å². The van der Waals surface area contributed by atoms with Gasteiger partial charge in [0.1, 0.15) is 11.6 Å². The summed E-state index contributed by atoms with van der Waals surface area (Å²) in [6.07, 6.45) is 0.658. The Kier molecular flexibility index (Phi) is 5.23. The zero-order valence-electron chi connectivity index (χ0n) is 11.1. The number of nitrogens with one attached hydrogen (secondary N) is 1. The lowest BCUT2D eigenvalue weighted by molar-refractivity contribution is 0.0382. The maximum absolute atomic E-state index is 13.3. The van der Waals surface area contributed by atoms with Crippen molar-refractivity contribution in [2.45, 2.75) is 39.3 Å². The lowest BCUT2D eigenvalue weighted by Gasteiger charge is -2.25. The largest absolute Gasteiger partial charge is 0.389 e.